The van der Waals surface area contributed by atoms with Crippen LogP contribution in [0.25, 0.3) is 0 Å². The van der Waals surface area contributed by atoms with Gasteiger partial charge in [-0.1, -0.05) is 12.1 Å². The molecule has 1 aliphatic rings. The van der Waals surface area contributed by atoms with Crippen molar-refractivity contribution in [3.8, 4) is 0 Å². The minimum Gasteiger partial charge on any atom is -0.372 e. The van der Waals surface area contributed by atoms with Gasteiger partial charge in [-0.05, 0) is 67.6 Å². The predicted octanol–water partition coefficient (Wildman–Crippen LogP) is 3.11. The van der Waals surface area contributed by atoms with Gasteiger partial charge in [0.2, 0.25) is 0 Å². The van der Waals surface area contributed by atoms with Crippen molar-refractivity contribution in [3.05, 3.63) is 59.9 Å². The molecule has 0 spiro atoms. The van der Waals surface area contributed by atoms with Crippen LogP contribution in [0.3, 0.4) is 0 Å². The number of anilines is 2. The molecule has 1 heterocycles. The minimum absolute atomic E-state index is 0.298. The van der Waals surface area contributed by atoms with E-state index in [2.05, 4.69) is 15.5 Å². The van der Waals surface area contributed by atoms with E-state index in [0.717, 1.165) is 24.3 Å². The first-order valence-electron chi connectivity index (χ1n) is 9.30. The number of halogens is 1. The average Bonchev–Trinajstić information content (AvgIpc) is 2.70. The van der Waals surface area contributed by atoms with Crippen LogP contribution in [0.4, 0.5) is 15.8 Å². The molecule has 1 fully saturated rings. The van der Waals surface area contributed by atoms with Gasteiger partial charge in [0, 0.05) is 31.0 Å². The Morgan fingerprint density at radius 3 is 2.22 bits per heavy atom. The number of amides is 2. The summed E-state index contributed by atoms with van der Waals surface area (Å²) >= 11 is 0. The van der Waals surface area contributed by atoms with Crippen LogP contribution in [-0.4, -0.2) is 31.4 Å². The topological polar surface area (TPSA) is 61.4 Å². The van der Waals surface area contributed by atoms with Crippen LogP contribution in [0, 0.1) is 5.82 Å². The molecule has 2 amide bonds. The van der Waals surface area contributed by atoms with Crippen molar-refractivity contribution in [1.29, 1.82) is 0 Å². The number of hydrogen-bond acceptors (Lipinski definition) is 3. The third-order valence-electron chi connectivity index (χ3n) is 4.67. The van der Waals surface area contributed by atoms with Crippen LogP contribution >= 0.6 is 0 Å². The Bertz CT molecular complexity index is 769. The number of hydrogen-bond donors (Lipinski definition) is 2. The van der Waals surface area contributed by atoms with E-state index in [1.165, 1.54) is 31.4 Å². The molecule has 142 valence electrons. The summed E-state index contributed by atoms with van der Waals surface area (Å²) in [7, 11) is 0. The molecule has 0 unspecified atom stereocenters. The predicted molar refractivity (Wildman–Crippen MR) is 104 cm³/mol. The molecule has 2 N–H and O–H groups in total. The second-order valence-electron chi connectivity index (χ2n) is 6.68. The minimum atomic E-state index is -0.695. The summed E-state index contributed by atoms with van der Waals surface area (Å²) in [6.07, 6.45) is 4.22. The van der Waals surface area contributed by atoms with Gasteiger partial charge in [0.25, 0.3) is 0 Å². The third-order valence-corrected chi connectivity index (χ3v) is 4.67. The quantitative estimate of drug-likeness (QED) is 0.796. The number of rotatable bonds is 5. The summed E-state index contributed by atoms with van der Waals surface area (Å²) in [6, 6.07) is 13.6. The summed E-state index contributed by atoms with van der Waals surface area (Å²) in [5.41, 5.74) is 2.62. The second kappa shape index (κ2) is 9.16. The van der Waals surface area contributed by atoms with E-state index >= 15 is 0 Å². The van der Waals surface area contributed by atoms with Gasteiger partial charge in [-0.25, -0.2) is 4.39 Å². The van der Waals surface area contributed by atoms with Gasteiger partial charge in [0.15, 0.2) is 0 Å². The standard InChI is InChI=1S/C21H24FN3O2/c22-17-6-4-16(5-7-17)12-13-23-20(26)21(27)24-18-8-10-19(11-9-18)25-14-2-1-3-15-25/h4-11H,1-3,12-15H2,(H,23,26)(H,24,27). The smallest absolute Gasteiger partial charge is 0.313 e. The Balaban J connectivity index is 1.44. The summed E-state index contributed by atoms with van der Waals surface area (Å²) in [4.78, 5) is 26.2. The number of benzene rings is 2. The van der Waals surface area contributed by atoms with E-state index in [0.29, 0.717) is 18.7 Å². The molecule has 1 aliphatic heterocycles. The van der Waals surface area contributed by atoms with Crippen molar-refractivity contribution < 1.29 is 14.0 Å². The molecular formula is C21H24FN3O2. The largest absolute Gasteiger partial charge is 0.372 e. The maximum absolute atomic E-state index is 12.9. The molecule has 0 aromatic heterocycles. The van der Waals surface area contributed by atoms with Crippen molar-refractivity contribution in [2.75, 3.05) is 29.9 Å². The zero-order chi connectivity index (χ0) is 19.1. The maximum Gasteiger partial charge on any atom is 0.313 e. The van der Waals surface area contributed by atoms with Crippen LogP contribution in [0.1, 0.15) is 24.8 Å². The molecule has 27 heavy (non-hydrogen) atoms. The Hall–Kier alpha value is -2.89. The highest BCUT2D eigenvalue weighted by atomic mass is 19.1. The van der Waals surface area contributed by atoms with Gasteiger partial charge in [-0.3, -0.25) is 9.59 Å². The van der Waals surface area contributed by atoms with E-state index < -0.39 is 11.8 Å². The summed E-state index contributed by atoms with van der Waals surface area (Å²) in [6.45, 7) is 2.43. The molecule has 0 saturated carbocycles. The van der Waals surface area contributed by atoms with Gasteiger partial charge in [-0.2, -0.15) is 0 Å². The van der Waals surface area contributed by atoms with E-state index in [1.807, 2.05) is 24.3 Å². The van der Waals surface area contributed by atoms with Crippen LogP contribution in [0.15, 0.2) is 48.5 Å². The normalized spacial score (nSPS) is 13.9. The number of piperidine rings is 1. The van der Waals surface area contributed by atoms with Crippen molar-refractivity contribution in [2.24, 2.45) is 0 Å². The van der Waals surface area contributed by atoms with Crippen molar-refractivity contribution >= 4 is 23.2 Å². The fraction of sp³-hybridized carbons (Fsp3) is 0.333. The van der Waals surface area contributed by atoms with Crippen LogP contribution in [0.5, 0.6) is 0 Å². The first-order chi connectivity index (χ1) is 13.1. The third kappa shape index (κ3) is 5.54. The lowest BCUT2D eigenvalue weighted by Crippen LogP contribution is -2.36. The van der Waals surface area contributed by atoms with Crippen molar-refractivity contribution in [2.45, 2.75) is 25.7 Å². The van der Waals surface area contributed by atoms with Gasteiger partial charge < -0.3 is 15.5 Å². The number of carbonyl (C=O) groups excluding carboxylic acids is 2. The lowest BCUT2D eigenvalue weighted by Gasteiger charge is -2.28. The van der Waals surface area contributed by atoms with E-state index in [9.17, 15) is 14.0 Å². The molecule has 2 aromatic rings. The number of nitrogens with one attached hydrogen (secondary N) is 2. The molecule has 0 radical (unpaired) electrons. The molecule has 0 bridgehead atoms. The Labute approximate surface area is 158 Å². The second-order valence-corrected chi connectivity index (χ2v) is 6.68. The van der Waals surface area contributed by atoms with Crippen LogP contribution in [0.2, 0.25) is 0 Å². The highest BCUT2D eigenvalue weighted by molar-refractivity contribution is 6.39. The average molecular weight is 369 g/mol. The fourth-order valence-electron chi connectivity index (χ4n) is 3.15. The van der Waals surface area contributed by atoms with Gasteiger partial charge in [0.1, 0.15) is 5.82 Å². The zero-order valence-electron chi connectivity index (χ0n) is 15.2. The fourth-order valence-corrected chi connectivity index (χ4v) is 3.15. The number of carbonyl (C=O) groups is 2. The lowest BCUT2D eigenvalue weighted by atomic mass is 10.1. The molecule has 6 heteroatoms. The van der Waals surface area contributed by atoms with Gasteiger partial charge >= 0.3 is 11.8 Å². The Morgan fingerprint density at radius 2 is 1.56 bits per heavy atom. The van der Waals surface area contributed by atoms with E-state index in [1.54, 1.807) is 12.1 Å². The molecule has 5 nitrogen and oxygen atoms in total. The lowest BCUT2D eigenvalue weighted by molar-refractivity contribution is -0.136. The maximum atomic E-state index is 12.9. The van der Waals surface area contributed by atoms with Crippen molar-refractivity contribution in [3.63, 3.8) is 0 Å². The molecule has 1 saturated heterocycles. The van der Waals surface area contributed by atoms with Crippen LogP contribution < -0.4 is 15.5 Å². The van der Waals surface area contributed by atoms with E-state index in [4.69, 9.17) is 0 Å². The molecular weight excluding hydrogens is 345 g/mol. The zero-order valence-corrected chi connectivity index (χ0v) is 15.2. The first kappa shape index (κ1) is 18.9. The SMILES string of the molecule is O=C(NCCc1ccc(F)cc1)C(=O)Nc1ccc(N2CCCCC2)cc1. The highest BCUT2D eigenvalue weighted by Gasteiger charge is 2.14. The summed E-state index contributed by atoms with van der Waals surface area (Å²) < 4.78 is 12.9. The monoisotopic (exact) mass is 369 g/mol. The van der Waals surface area contributed by atoms with Gasteiger partial charge in [-0.15, -0.1) is 0 Å². The van der Waals surface area contributed by atoms with Crippen molar-refractivity contribution in [1.82, 2.24) is 5.32 Å². The van der Waals surface area contributed by atoms with Gasteiger partial charge in [0.05, 0.1) is 0 Å². The number of nitrogens with zero attached hydrogens (tertiary/aromatic N) is 1. The molecule has 0 atom stereocenters. The Morgan fingerprint density at radius 1 is 0.889 bits per heavy atom. The molecule has 3 rings (SSSR count). The highest BCUT2D eigenvalue weighted by Crippen LogP contribution is 2.21. The first-order valence-corrected chi connectivity index (χ1v) is 9.30. The summed E-state index contributed by atoms with van der Waals surface area (Å²) in [5.74, 6) is -1.68. The van der Waals surface area contributed by atoms with E-state index in [-0.39, 0.29) is 5.82 Å². The van der Waals surface area contributed by atoms with Crippen LogP contribution in [-0.2, 0) is 16.0 Å². The molecule has 2 aromatic carbocycles. The Kier molecular flexibility index (Phi) is 6.41. The summed E-state index contributed by atoms with van der Waals surface area (Å²) in [5, 5.41) is 5.18. The molecule has 0 aliphatic carbocycles.